The number of hydrogen-bond acceptors (Lipinski definition) is 9. The van der Waals surface area contributed by atoms with Crippen molar-refractivity contribution in [3.63, 3.8) is 0 Å². The first-order valence-electron chi connectivity index (χ1n) is 8.86. The van der Waals surface area contributed by atoms with Crippen molar-refractivity contribution in [1.29, 1.82) is 0 Å². The van der Waals surface area contributed by atoms with Gasteiger partial charge in [-0.3, -0.25) is 4.79 Å². The van der Waals surface area contributed by atoms with Crippen molar-refractivity contribution in [2.75, 3.05) is 25.3 Å². The largest absolute Gasteiger partial charge is 0.497 e. The summed E-state index contributed by atoms with van der Waals surface area (Å²) in [5.74, 6) is 0.547. The molecule has 30 heavy (non-hydrogen) atoms. The van der Waals surface area contributed by atoms with Crippen LogP contribution in [0.1, 0.15) is 11.4 Å². The third kappa shape index (κ3) is 5.53. The number of carbonyl (C=O) groups is 1. The SMILES string of the molecule is COc1ccc(CC(=O)OCc2nc(N)nc(Nc3ccc(F)cc3)n2)c(OC)c1. The van der Waals surface area contributed by atoms with E-state index in [1.54, 1.807) is 25.3 Å². The monoisotopic (exact) mass is 413 g/mol. The van der Waals surface area contributed by atoms with E-state index < -0.39 is 5.97 Å². The predicted molar refractivity (Wildman–Crippen MR) is 107 cm³/mol. The minimum absolute atomic E-state index is 0.00554. The molecule has 0 aliphatic carbocycles. The van der Waals surface area contributed by atoms with E-state index in [9.17, 15) is 9.18 Å². The van der Waals surface area contributed by atoms with Crippen molar-refractivity contribution in [3.8, 4) is 11.5 Å². The molecular weight excluding hydrogens is 393 g/mol. The molecule has 156 valence electrons. The Kier molecular flexibility index (Phi) is 6.58. The number of halogens is 1. The van der Waals surface area contributed by atoms with E-state index >= 15 is 0 Å². The van der Waals surface area contributed by atoms with Gasteiger partial charge in [0.1, 0.15) is 17.3 Å². The lowest BCUT2D eigenvalue weighted by molar-refractivity contribution is -0.144. The first-order valence-corrected chi connectivity index (χ1v) is 8.86. The Morgan fingerprint density at radius 3 is 2.53 bits per heavy atom. The second kappa shape index (κ2) is 9.50. The normalized spacial score (nSPS) is 10.4. The van der Waals surface area contributed by atoms with Crippen molar-refractivity contribution >= 4 is 23.6 Å². The topological polar surface area (TPSA) is 121 Å². The molecule has 2 aromatic carbocycles. The van der Waals surface area contributed by atoms with E-state index in [1.165, 1.54) is 31.4 Å². The molecule has 3 rings (SSSR count). The lowest BCUT2D eigenvalue weighted by atomic mass is 10.1. The summed E-state index contributed by atoms with van der Waals surface area (Å²) in [5, 5.41) is 2.89. The highest BCUT2D eigenvalue weighted by Gasteiger charge is 2.13. The molecule has 0 saturated carbocycles. The molecule has 0 unspecified atom stereocenters. The number of rotatable bonds is 8. The number of benzene rings is 2. The number of nitrogens with two attached hydrogens (primary N) is 1. The molecule has 1 heterocycles. The highest BCUT2D eigenvalue weighted by Crippen LogP contribution is 2.25. The quantitative estimate of drug-likeness (QED) is 0.537. The molecule has 9 nitrogen and oxygen atoms in total. The molecule has 0 amide bonds. The van der Waals surface area contributed by atoms with Crippen LogP contribution >= 0.6 is 0 Å². The Morgan fingerprint density at radius 2 is 1.83 bits per heavy atom. The Labute approximate surface area is 172 Å². The third-order valence-electron chi connectivity index (χ3n) is 3.99. The maximum Gasteiger partial charge on any atom is 0.310 e. The minimum Gasteiger partial charge on any atom is -0.497 e. The van der Waals surface area contributed by atoms with Crippen molar-refractivity contribution in [3.05, 3.63) is 59.7 Å². The van der Waals surface area contributed by atoms with Gasteiger partial charge in [0.15, 0.2) is 12.4 Å². The van der Waals surface area contributed by atoms with E-state index in [-0.39, 0.29) is 36.6 Å². The molecule has 0 bridgehead atoms. The van der Waals surface area contributed by atoms with E-state index in [0.29, 0.717) is 22.7 Å². The molecule has 0 atom stereocenters. The zero-order valence-corrected chi connectivity index (χ0v) is 16.4. The van der Waals surface area contributed by atoms with Crippen LogP contribution in [0.4, 0.5) is 22.0 Å². The first-order chi connectivity index (χ1) is 14.5. The van der Waals surface area contributed by atoms with E-state index in [0.717, 1.165) is 0 Å². The number of nitrogens with one attached hydrogen (secondary N) is 1. The number of methoxy groups -OCH3 is 2. The Hall–Kier alpha value is -3.95. The van der Waals surface area contributed by atoms with Crippen LogP contribution in [0.3, 0.4) is 0 Å². The Bertz CT molecular complexity index is 1030. The number of ether oxygens (including phenoxy) is 3. The van der Waals surface area contributed by atoms with Crippen LogP contribution in [0.2, 0.25) is 0 Å². The molecule has 10 heteroatoms. The zero-order chi connectivity index (χ0) is 21.5. The van der Waals surface area contributed by atoms with Crippen molar-refractivity contribution in [2.45, 2.75) is 13.0 Å². The summed E-state index contributed by atoms with van der Waals surface area (Å²) in [4.78, 5) is 24.3. The molecule has 1 aromatic heterocycles. The lowest BCUT2D eigenvalue weighted by Crippen LogP contribution is -2.13. The van der Waals surface area contributed by atoms with Gasteiger partial charge in [-0.2, -0.15) is 15.0 Å². The number of aromatic nitrogens is 3. The van der Waals surface area contributed by atoms with Gasteiger partial charge in [0.2, 0.25) is 11.9 Å². The third-order valence-corrected chi connectivity index (χ3v) is 3.99. The molecule has 0 radical (unpaired) electrons. The molecule has 3 aromatic rings. The number of carbonyl (C=O) groups excluding carboxylic acids is 1. The van der Waals surface area contributed by atoms with Crippen LogP contribution in [0, 0.1) is 5.82 Å². The number of nitrogen functional groups attached to an aromatic ring is 1. The van der Waals surface area contributed by atoms with Gasteiger partial charge in [-0.25, -0.2) is 4.39 Å². The fourth-order valence-electron chi connectivity index (χ4n) is 2.57. The molecule has 0 aliphatic rings. The fraction of sp³-hybridized carbons (Fsp3) is 0.200. The molecular formula is C20H20FN5O4. The molecule has 3 N–H and O–H groups in total. The second-order valence-electron chi connectivity index (χ2n) is 6.08. The molecule has 0 aliphatic heterocycles. The van der Waals surface area contributed by atoms with E-state index in [1.807, 2.05) is 0 Å². The van der Waals surface area contributed by atoms with Gasteiger partial charge < -0.3 is 25.3 Å². The van der Waals surface area contributed by atoms with Gasteiger partial charge in [0, 0.05) is 17.3 Å². The van der Waals surface area contributed by atoms with Crippen molar-refractivity contribution < 1.29 is 23.4 Å². The maximum absolute atomic E-state index is 13.0. The van der Waals surface area contributed by atoms with Crippen LogP contribution in [-0.4, -0.2) is 35.1 Å². The van der Waals surface area contributed by atoms with Gasteiger partial charge in [-0.05, 0) is 30.3 Å². The van der Waals surface area contributed by atoms with Crippen molar-refractivity contribution in [1.82, 2.24) is 15.0 Å². The second-order valence-corrected chi connectivity index (χ2v) is 6.08. The summed E-state index contributed by atoms with van der Waals surface area (Å²) >= 11 is 0. The van der Waals surface area contributed by atoms with E-state index in [2.05, 4.69) is 20.3 Å². The smallest absolute Gasteiger partial charge is 0.310 e. The highest BCUT2D eigenvalue weighted by molar-refractivity contribution is 5.73. The summed E-state index contributed by atoms with van der Waals surface area (Å²) < 4.78 is 28.7. The Balaban J connectivity index is 1.63. The molecule has 0 saturated heterocycles. The fourth-order valence-corrected chi connectivity index (χ4v) is 2.57. The summed E-state index contributed by atoms with van der Waals surface area (Å²) in [5.41, 5.74) is 6.92. The lowest BCUT2D eigenvalue weighted by Gasteiger charge is -2.11. The number of esters is 1. The predicted octanol–water partition coefficient (Wildman–Crippen LogP) is 2.64. The maximum atomic E-state index is 13.0. The van der Waals surface area contributed by atoms with E-state index in [4.69, 9.17) is 19.9 Å². The van der Waals surface area contributed by atoms with Gasteiger partial charge in [0.05, 0.1) is 20.6 Å². The van der Waals surface area contributed by atoms with Gasteiger partial charge in [-0.15, -0.1) is 0 Å². The standard InChI is InChI=1S/C20H20FN5O4/c1-28-15-8-3-12(16(10-15)29-2)9-18(27)30-11-17-24-19(22)26-20(25-17)23-14-6-4-13(21)5-7-14/h3-8,10H,9,11H2,1-2H3,(H3,22,23,24,25,26). The van der Waals surface area contributed by atoms with Crippen LogP contribution in [0.5, 0.6) is 11.5 Å². The Morgan fingerprint density at radius 1 is 1.07 bits per heavy atom. The van der Waals surface area contributed by atoms with Crippen LogP contribution < -0.4 is 20.5 Å². The van der Waals surface area contributed by atoms with Crippen molar-refractivity contribution in [2.24, 2.45) is 0 Å². The average molecular weight is 413 g/mol. The number of nitrogens with zero attached hydrogens (tertiary/aromatic N) is 3. The zero-order valence-electron chi connectivity index (χ0n) is 16.4. The summed E-state index contributed by atoms with van der Waals surface area (Å²) in [7, 11) is 3.05. The molecule has 0 fully saturated rings. The van der Waals surface area contributed by atoms with Gasteiger partial charge >= 0.3 is 5.97 Å². The summed E-state index contributed by atoms with van der Waals surface area (Å²) in [6, 6.07) is 10.8. The van der Waals surface area contributed by atoms with Crippen LogP contribution in [0.25, 0.3) is 0 Å². The van der Waals surface area contributed by atoms with Crippen LogP contribution in [0.15, 0.2) is 42.5 Å². The minimum atomic E-state index is -0.495. The van der Waals surface area contributed by atoms with Gasteiger partial charge in [0.25, 0.3) is 0 Å². The summed E-state index contributed by atoms with van der Waals surface area (Å²) in [6.45, 7) is -0.192. The first kappa shape index (κ1) is 20.8. The average Bonchev–Trinajstić information content (AvgIpc) is 2.74. The van der Waals surface area contributed by atoms with Crippen LogP contribution in [-0.2, 0) is 22.6 Å². The van der Waals surface area contributed by atoms with Gasteiger partial charge in [-0.1, -0.05) is 6.07 Å². The highest BCUT2D eigenvalue weighted by atomic mass is 19.1. The number of hydrogen-bond donors (Lipinski definition) is 2. The summed E-state index contributed by atoms with van der Waals surface area (Å²) in [6.07, 6.45) is -0.00554. The molecule has 0 spiro atoms. The number of anilines is 3.